The van der Waals surface area contributed by atoms with Crippen LogP contribution in [0.5, 0.6) is 0 Å². The Morgan fingerprint density at radius 3 is 1.52 bits per heavy atom. The average molecular weight is 320 g/mol. The van der Waals surface area contributed by atoms with E-state index < -0.39 is 7.14 Å². The zero-order chi connectivity index (χ0) is 16.3. The summed E-state index contributed by atoms with van der Waals surface area (Å²) >= 11 is 0. The average Bonchev–Trinajstić information content (AvgIpc) is 2.57. The van der Waals surface area contributed by atoms with E-state index >= 15 is 0 Å². The Labute approximate surface area is 138 Å². The normalized spacial score (nSPS) is 11.4. The second-order valence-corrected chi connectivity index (χ2v) is 8.88. The van der Waals surface area contributed by atoms with Crippen LogP contribution >= 0.6 is 7.14 Å². The Morgan fingerprint density at radius 2 is 1.09 bits per heavy atom. The number of benzene rings is 3. The Hall–Kier alpha value is -2.11. The number of rotatable bonds is 4. The van der Waals surface area contributed by atoms with Crippen molar-refractivity contribution < 1.29 is 4.57 Å². The second kappa shape index (κ2) is 6.56. The highest BCUT2D eigenvalue weighted by atomic mass is 31.2. The fourth-order valence-corrected chi connectivity index (χ4v) is 5.39. The molecule has 0 unspecified atom stereocenters. The highest BCUT2D eigenvalue weighted by molar-refractivity contribution is 7.78. The molecule has 2 heteroatoms. The summed E-state index contributed by atoms with van der Waals surface area (Å²) in [7, 11) is -2.69. The van der Waals surface area contributed by atoms with Gasteiger partial charge in [0.25, 0.3) is 0 Å². The first-order valence-electron chi connectivity index (χ1n) is 7.85. The molecule has 0 aliphatic rings. The first-order valence-corrected chi connectivity index (χ1v) is 9.75. The van der Waals surface area contributed by atoms with Gasteiger partial charge < -0.3 is 4.57 Å². The molecular formula is C21H21OP. The van der Waals surface area contributed by atoms with E-state index in [2.05, 4.69) is 26.0 Å². The molecule has 0 radical (unpaired) electrons. The Bertz CT molecular complexity index is 768. The van der Waals surface area contributed by atoms with Crippen LogP contribution in [0.1, 0.15) is 16.7 Å². The van der Waals surface area contributed by atoms with Gasteiger partial charge in [0.05, 0.1) is 0 Å². The van der Waals surface area contributed by atoms with E-state index in [-0.39, 0.29) is 0 Å². The lowest BCUT2D eigenvalue weighted by molar-refractivity contribution is 0.586. The third-order valence-electron chi connectivity index (χ3n) is 4.15. The maximum absolute atomic E-state index is 14.0. The van der Waals surface area contributed by atoms with Gasteiger partial charge in [-0.25, -0.2) is 0 Å². The Kier molecular flexibility index (Phi) is 4.50. The lowest BCUT2D eigenvalue weighted by atomic mass is 10.2. The third-order valence-corrected chi connectivity index (χ3v) is 7.23. The minimum atomic E-state index is -2.69. The van der Waals surface area contributed by atoms with Gasteiger partial charge >= 0.3 is 0 Å². The van der Waals surface area contributed by atoms with Gasteiger partial charge in [0.1, 0.15) is 7.14 Å². The standard InChI is InChI=1S/C21H21OP/c1-17-8-12-20(13-9-17)23(22,16-19-6-4-3-5-7-19)21-14-10-18(2)11-15-21/h3-15H,16H2,1-2H3. The minimum Gasteiger partial charge on any atom is -0.313 e. The molecule has 3 aromatic rings. The van der Waals surface area contributed by atoms with Crippen molar-refractivity contribution in [2.75, 3.05) is 0 Å². The molecule has 0 heterocycles. The first kappa shape index (κ1) is 15.8. The number of hydrogen-bond acceptors (Lipinski definition) is 1. The van der Waals surface area contributed by atoms with E-state index in [9.17, 15) is 4.57 Å². The molecule has 0 fully saturated rings. The van der Waals surface area contributed by atoms with Gasteiger partial charge in [0.2, 0.25) is 0 Å². The largest absolute Gasteiger partial charge is 0.313 e. The predicted molar refractivity (Wildman–Crippen MR) is 99.4 cm³/mol. The van der Waals surface area contributed by atoms with Crippen LogP contribution in [-0.2, 0) is 10.7 Å². The van der Waals surface area contributed by atoms with Gasteiger partial charge in [-0.05, 0) is 19.4 Å². The first-order chi connectivity index (χ1) is 11.1. The maximum atomic E-state index is 14.0. The van der Waals surface area contributed by atoms with Gasteiger partial charge in [-0.2, -0.15) is 0 Å². The molecule has 23 heavy (non-hydrogen) atoms. The highest BCUT2D eigenvalue weighted by Gasteiger charge is 2.27. The molecule has 116 valence electrons. The minimum absolute atomic E-state index is 0.556. The van der Waals surface area contributed by atoms with E-state index in [4.69, 9.17) is 0 Å². The lowest BCUT2D eigenvalue weighted by Gasteiger charge is -2.20. The molecule has 1 nitrogen and oxygen atoms in total. The van der Waals surface area contributed by atoms with Crippen molar-refractivity contribution in [1.29, 1.82) is 0 Å². The maximum Gasteiger partial charge on any atom is 0.147 e. The fraction of sp³-hybridized carbons (Fsp3) is 0.143. The van der Waals surface area contributed by atoms with Gasteiger partial charge in [0.15, 0.2) is 0 Å². The lowest BCUT2D eigenvalue weighted by Crippen LogP contribution is -2.17. The van der Waals surface area contributed by atoms with Crippen LogP contribution in [-0.4, -0.2) is 0 Å². The molecule has 0 N–H and O–H groups in total. The molecule has 0 bridgehead atoms. The molecule has 0 saturated carbocycles. The van der Waals surface area contributed by atoms with E-state index in [0.29, 0.717) is 6.16 Å². The predicted octanol–water partition coefficient (Wildman–Crippen LogP) is 4.82. The van der Waals surface area contributed by atoms with Crippen LogP contribution in [0, 0.1) is 13.8 Å². The second-order valence-electron chi connectivity index (χ2n) is 6.05. The summed E-state index contributed by atoms with van der Waals surface area (Å²) in [6, 6.07) is 26.3. The molecule has 0 amide bonds. The van der Waals surface area contributed by atoms with Crippen molar-refractivity contribution in [3.63, 3.8) is 0 Å². The van der Waals surface area contributed by atoms with E-state index in [1.54, 1.807) is 0 Å². The van der Waals surface area contributed by atoms with Crippen molar-refractivity contribution in [3.05, 3.63) is 95.6 Å². The molecule has 0 aromatic heterocycles. The summed E-state index contributed by atoms with van der Waals surface area (Å²) in [6.07, 6.45) is 0.556. The number of aryl methyl sites for hydroxylation is 2. The van der Waals surface area contributed by atoms with Crippen molar-refractivity contribution >= 4 is 17.8 Å². The highest BCUT2D eigenvalue weighted by Crippen LogP contribution is 2.46. The Balaban J connectivity index is 2.10. The molecule has 0 aliphatic carbocycles. The zero-order valence-electron chi connectivity index (χ0n) is 13.6. The monoisotopic (exact) mass is 320 g/mol. The van der Waals surface area contributed by atoms with Crippen molar-refractivity contribution in [2.24, 2.45) is 0 Å². The quantitative estimate of drug-likeness (QED) is 0.630. The zero-order valence-corrected chi connectivity index (χ0v) is 14.5. The number of hydrogen-bond donors (Lipinski definition) is 0. The van der Waals surface area contributed by atoms with Gasteiger partial charge in [-0.1, -0.05) is 90.0 Å². The molecule has 0 spiro atoms. The van der Waals surface area contributed by atoms with Gasteiger partial charge in [-0.15, -0.1) is 0 Å². The van der Waals surface area contributed by atoms with Gasteiger partial charge in [-0.3, -0.25) is 0 Å². The van der Waals surface area contributed by atoms with E-state index in [0.717, 1.165) is 16.2 Å². The SMILES string of the molecule is Cc1ccc(P(=O)(Cc2ccccc2)c2ccc(C)cc2)cc1. The van der Waals surface area contributed by atoms with Crippen molar-refractivity contribution in [2.45, 2.75) is 20.0 Å². The van der Waals surface area contributed by atoms with Gasteiger partial charge in [0, 0.05) is 16.8 Å². The molecule has 3 aromatic carbocycles. The summed E-state index contributed by atoms with van der Waals surface area (Å²) in [4.78, 5) is 0. The molecule has 0 atom stereocenters. The molecule has 0 saturated heterocycles. The van der Waals surface area contributed by atoms with Crippen LogP contribution in [0.4, 0.5) is 0 Å². The van der Waals surface area contributed by atoms with Crippen LogP contribution < -0.4 is 10.6 Å². The van der Waals surface area contributed by atoms with Crippen molar-refractivity contribution in [1.82, 2.24) is 0 Å². The van der Waals surface area contributed by atoms with E-state index in [1.165, 1.54) is 11.1 Å². The summed E-state index contributed by atoms with van der Waals surface area (Å²) in [5.74, 6) is 0. The fourth-order valence-electron chi connectivity index (χ4n) is 2.74. The third kappa shape index (κ3) is 3.46. The molecule has 3 rings (SSSR count). The summed E-state index contributed by atoms with van der Waals surface area (Å²) in [5, 5.41) is 1.85. The van der Waals surface area contributed by atoms with Crippen LogP contribution in [0.15, 0.2) is 78.9 Å². The van der Waals surface area contributed by atoms with Crippen LogP contribution in [0.2, 0.25) is 0 Å². The summed E-state index contributed by atoms with van der Waals surface area (Å²) in [6.45, 7) is 4.11. The molecular weight excluding hydrogens is 299 g/mol. The van der Waals surface area contributed by atoms with Crippen molar-refractivity contribution in [3.8, 4) is 0 Å². The Morgan fingerprint density at radius 1 is 0.652 bits per heavy atom. The summed E-state index contributed by atoms with van der Waals surface area (Å²) in [5.41, 5.74) is 3.48. The molecule has 0 aliphatic heterocycles. The topological polar surface area (TPSA) is 17.1 Å². The van der Waals surface area contributed by atoms with Crippen LogP contribution in [0.25, 0.3) is 0 Å². The summed E-state index contributed by atoms with van der Waals surface area (Å²) < 4.78 is 14.0. The van der Waals surface area contributed by atoms with Crippen LogP contribution in [0.3, 0.4) is 0 Å². The smallest absolute Gasteiger partial charge is 0.147 e. The van der Waals surface area contributed by atoms with E-state index in [1.807, 2.05) is 66.7 Å².